The highest BCUT2D eigenvalue weighted by molar-refractivity contribution is 7.92. The molecule has 1 saturated carbocycles. The van der Waals surface area contributed by atoms with Crippen LogP contribution in [0.25, 0.3) is 0 Å². The number of benzene rings is 2. The van der Waals surface area contributed by atoms with Crippen molar-refractivity contribution < 1.29 is 17.6 Å². The molecule has 24 heavy (non-hydrogen) atoms. The summed E-state index contributed by atoms with van der Waals surface area (Å²) < 4.78 is 39.9. The smallest absolute Gasteiger partial charge is 0.261 e. The van der Waals surface area contributed by atoms with Crippen molar-refractivity contribution in [2.24, 2.45) is 0 Å². The van der Waals surface area contributed by atoms with Gasteiger partial charge in [0.2, 0.25) is 5.91 Å². The maximum atomic E-state index is 12.9. The second kappa shape index (κ2) is 5.90. The fourth-order valence-corrected chi connectivity index (χ4v) is 3.75. The summed E-state index contributed by atoms with van der Waals surface area (Å²) in [5, 5.41) is 2.66. The van der Waals surface area contributed by atoms with E-state index in [0.717, 1.165) is 30.5 Å². The van der Waals surface area contributed by atoms with Crippen LogP contribution in [0.15, 0.2) is 53.4 Å². The van der Waals surface area contributed by atoms with Gasteiger partial charge in [-0.05, 0) is 54.8 Å². The molecule has 2 N–H and O–H groups in total. The lowest BCUT2D eigenvalue weighted by Crippen LogP contribution is -2.31. The minimum absolute atomic E-state index is 0.0167. The van der Waals surface area contributed by atoms with E-state index >= 15 is 0 Å². The van der Waals surface area contributed by atoms with Gasteiger partial charge in [-0.1, -0.05) is 12.1 Å². The highest BCUT2D eigenvalue weighted by Gasteiger charge is 2.50. The highest BCUT2D eigenvalue weighted by Crippen LogP contribution is 2.48. The molecule has 0 bridgehead atoms. The largest absolute Gasteiger partial charge is 0.358 e. The summed E-state index contributed by atoms with van der Waals surface area (Å²) >= 11 is 0. The number of halogens is 1. The van der Waals surface area contributed by atoms with E-state index in [-0.39, 0.29) is 10.8 Å². The predicted octanol–water partition coefficient (Wildman–Crippen LogP) is 2.40. The van der Waals surface area contributed by atoms with Crippen LogP contribution in [0.3, 0.4) is 0 Å². The van der Waals surface area contributed by atoms with E-state index in [2.05, 4.69) is 10.0 Å². The third-order valence-corrected chi connectivity index (χ3v) is 5.62. The Morgan fingerprint density at radius 2 is 1.62 bits per heavy atom. The molecule has 1 aliphatic rings. The van der Waals surface area contributed by atoms with Crippen LogP contribution in [0.2, 0.25) is 0 Å². The monoisotopic (exact) mass is 348 g/mol. The fraction of sp³-hybridized carbons (Fsp3) is 0.235. The first-order valence-electron chi connectivity index (χ1n) is 7.48. The number of hydrogen-bond acceptors (Lipinski definition) is 3. The van der Waals surface area contributed by atoms with Crippen LogP contribution in [0, 0.1) is 5.82 Å². The van der Waals surface area contributed by atoms with Crippen molar-refractivity contribution >= 4 is 21.6 Å². The van der Waals surface area contributed by atoms with Crippen LogP contribution in [-0.4, -0.2) is 21.4 Å². The van der Waals surface area contributed by atoms with Crippen molar-refractivity contribution in [3.8, 4) is 0 Å². The zero-order chi connectivity index (χ0) is 17.4. The minimum atomic E-state index is -3.78. The molecule has 2 aromatic carbocycles. The number of hydrogen-bond donors (Lipinski definition) is 2. The van der Waals surface area contributed by atoms with E-state index in [1.165, 1.54) is 12.1 Å². The summed E-state index contributed by atoms with van der Waals surface area (Å²) in [6.45, 7) is 0. The molecule has 5 nitrogen and oxygen atoms in total. The number of carbonyl (C=O) groups is 1. The van der Waals surface area contributed by atoms with Crippen LogP contribution >= 0.6 is 0 Å². The molecule has 7 heteroatoms. The SMILES string of the molecule is CNC(=O)C1(c2ccc(NS(=O)(=O)c3ccc(F)cc3)cc2)CC1. The Balaban J connectivity index is 1.79. The predicted molar refractivity (Wildman–Crippen MR) is 88.6 cm³/mol. The summed E-state index contributed by atoms with van der Waals surface area (Å²) in [5.74, 6) is -0.524. The molecule has 2 aromatic rings. The lowest BCUT2D eigenvalue weighted by Gasteiger charge is -2.15. The Bertz CT molecular complexity index is 858. The molecule has 0 radical (unpaired) electrons. The van der Waals surface area contributed by atoms with Crippen LogP contribution < -0.4 is 10.0 Å². The molecule has 0 unspecified atom stereocenters. The van der Waals surface area contributed by atoms with Gasteiger partial charge in [0.1, 0.15) is 5.82 Å². The molecule has 0 aromatic heterocycles. The molecule has 0 atom stereocenters. The van der Waals surface area contributed by atoms with Crippen molar-refractivity contribution in [2.75, 3.05) is 11.8 Å². The van der Waals surface area contributed by atoms with E-state index in [1.54, 1.807) is 31.3 Å². The third-order valence-electron chi connectivity index (χ3n) is 4.23. The number of anilines is 1. The summed E-state index contributed by atoms with van der Waals surface area (Å²) in [7, 11) is -2.17. The molecule has 1 amide bonds. The second-order valence-electron chi connectivity index (χ2n) is 5.80. The average Bonchev–Trinajstić information content (AvgIpc) is 3.36. The van der Waals surface area contributed by atoms with Crippen LogP contribution in [0.1, 0.15) is 18.4 Å². The van der Waals surface area contributed by atoms with Gasteiger partial charge in [-0.15, -0.1) is 0 Å². The maximum Gasteiger partial charge on any atom is 0.261 e. The highest BCUT2D eigenvalue weighted by atomic mass is 32.2. The van der Waals surface area contributed by atoms with E-state index in [0.29, 0.717) is 5.69 Å². The third kappa shape index (κ3) is 2.99. The molecule has 0 heterocycles. The molecule has 0 aliphatic heterocycles. The van der Waals surface area contributed by atoms with Crippen molar-refractivity contribution in [1.29, 1.82) is 0 Å². The minimum Gasteiger partial charge on any atom is -0.358 e. The Kier molecular flexibility index (Phi) is 4.04. The normalized spacial score (nSPS) is 15.6. The van der Waals surface area contributed by atoms with Crippen LogP contribution in [-0.2, 0) is 20.2 Å². The number of rotatable bonds is 5. The van der Waals surface area contributed by atoms with Gasteiger partial charge in [-0.3, -0.25) is 9.52 Å². The molecular formula is C17H17FN2O3S. The number of sulfonamides is 1. The van der Waals surface area contributed by atoms with Gasteiger partial charge in [-0.25, -0.2) is 12.8 Å². The lowest BCUT2D eigenvalue weighted by atomic mass is 9.95. The molecule has 1 fully saturated rings. The van der Waals surface area contributed by atoms with E-state index in [9.17, 15) is 17.6 Å². The number of carbonyl (C=O) groups excluding carboxylic acids is 1. The van der Waals surface area contributed by atoms with Crippen molar-refractivity contribution in [3.05, 3.63) is 59.9 Å². The molecule has 0 spiro atoms. The van der Waals surface area contributed by atoms with Crippen molar-refractivity contribution in [2.45, 2.75) is 23.2 Å². The zero-order valence-electron chi connectivity index (χ0n) is 13.0. The van der Waals surface area contributed by atoms with Gasteiger partial charge in [0.25, 0.3) is 10.0 Å². The summed E-state index contributed by atoms with van der Waals surface area (Å²) in [4.78, 5) is 12.0. The zero-order valence-corrected chi connectivity index (χ0v) is 13.9. The van der Waals surface area contributed by atoms with Gasteiger partial charge < -0.3 is 5.32 Å². The van der Waals surface area contributed by atoms with Crippen LogP contribution in [0.5, 0.6) is 0 Å². The maximum absolute atomic E-state index is 12.9. The molecular weight excluding hydrogens is 331 g/mol. The van der Waals surface area contributed by atoms with Gasteiger partial charge in [0.15, 0.2) is 0 Å². The van der Waals surface area contributed by atoms with E-state index in [1.807, 2.05) is 0 Å². The molecule has 3 rings (SSSR count). The Morgan fingerprint density at radius 1 is 1.04 bits per heavy atom. The molecule has 126 valence electrons. The molecule has 0 saturated heterocycles. The summed E-state index contributed by atoms with van der Waals surface area (Å²) in [6, 6.07) is 11.4. The van der Waals surface area contributed by atoms with Gasteiger partial charge in [0.05, 0.1) is 10.3 Å². The summed E-state index contributed by atoms with van der Waals surface area (Å²) in [5.41, 5.74) is 0.769. The Labute approximate surface area is 139 Å². The van der Waals surface area contributed by atoms with Crippen LogP contribution in [0.4, 0.5) is 10.1 Å². The van der Waals surface area contributed by atoms with Gasteiger partial charge >= 0.3 is 0 Å². The first kappa shape index (κ1) is 16.4. The quantitative estimate of drug-likeness (QED) is 0.871. The summed E-state index contributed by atoms with van der Waals surface area (Å²) in [6.07, 6.45) is 1.57. The second-order valence-corrected chi connectivity index (χ2v) is 7.48. The standard InChI is InChI=1S/C17H17FN2O3S/c1-19-16(21)17(10-11-17)12-2-6-14(7-3-12)20-24(22,23)15-8-4-13(18)5-9-15/h2-9,20H,10-11H2,1H3,(H,19,21). The average molecular weight is 348 g/mol. The number of amides is 1. The topological polar surface area (TPSA) is 75.3 Å². The Hall–Kier alpha value is -2.41. The van der Waals surface area contributed by atoms with Gasteiger partial charge in [0, 0.05) is 12.7 Å². The first-order valence-corrected chi connectivity index (χ1v) is 8.97. The van der Waals surface area contributed by atoms with Crippen molar-refractivity contribution in [3.63, 3.8) is 0 Å². The Morgan fingerprint density at radius 3 is 2.12 bits per heavy atom. The number of nitrogens with one attached hydrogen (secondary N) is 2. The first-order chi connectivity index (χ1) is 11.4. The molecule has 1 aliphatic carbocycles. The van der Waals surface area contributed by atoms with Gasteiger partial charge in [-0.2, -0.15) is 0 Å². The fourth-order valence-electron chi connectivity index (χ4n) is 2.70. The van der Waals surface area contributed by atoms with Crippen molar-refractivity contribution in [1.82, 2.24) is 5.32 Å². The number of likely N-dealkylation sites (N-methyl/N-ethyl adjacent to an activating group) is 1. The van der Waals surface area contributed by atoms with E-state index < -0.39 is 21.3 Å². The lowest BCUT2D eigenvalue weighted by molar-refractivity contribution is -0.123. The van der Waals surface area contributed by atoms with E-state index in [4.69, 9.17) is 0 Å².